The Morgan fingerprint density at radius 1 is 0.857 bits per heavy atom. The first-order valence-corrected chi connectivity index (χ1v) is 11.2. The first-order chi connectivity index (χ1) is 13.0. The summed E-state index contributed by atoms with van der Waals surface area (Å²) in [5.74, 6) is 0. The van der Waals surface area contributed by atoms with Crippen molar-refractivity contribution < 1.29 is 8.42 Å². The standard InChI is InChI=1S/C21H21BrN2O2S.BrH/c22-14-18-12-20(24-15-17-9-5-2-6-10-17)19(21(13-18)27(23,25)26)11-16-7-3-1-4-8-16;/h1-10,12-13,24H,11,14-15H2,(H2,23,25,26);1H. The lowest BCUT2D eigenvalue weighted by Crippen LogP contribution is -2.17. The average molecular weight is 526 g/mol. The van der Waals surface area contributed by atoms with E-state index in [1.165, 1.54) is 0 Å². The van der Waals surface area contributed by atoms with Crippen molar-refractivity contribution in [3.63, 3.8) is 0 Å². The van der Waals surface area contributed by atoms with Gasteiger partial charge in [0.25, 0.3) is 0 Å². The van der Waals surface area contributed by atoms with Crippen LogP contribution in [0.15, 0.2) is 77.7 Å². The Morgan fingerprint density at radius 3 is 1.96 bits per heavy atom. The SMILES string of the molecule is Br.NS(=O)(=O)c1cc(CBr)cc(NCc2ccccc2)c1Cc1ccccc1. The van der Waals surface area contributed by atoms with Crippen molar-refractivity contribution in [2.45, 2.75) is 23.2 Å². The predicted octanol–water partition coefficient (Wildman–Crippen LogP) is 5.01. The molecule has 0 aromatic heterocycles. The molecule has 0 atom stereocenters. The molecule has 3 N–H and O–H groups in total. The number of hydrogen-bond acceptors (Lipinski definition) is 3. The Labute approximate surface area is 185 Å². The maximum Gasteiger partial charge on any atom is 0.238 e. The molecule has 3 rings (SSSR count). The van der Waals surface area contributed by atoms with Crippen molar-refractivity contribution in [3.8, 4) is 0 Å². The number of hydrogen-bond donors (Lipinski definition) is 2. The number of primary sulfonamides is 1. The largest absolute Gasteiger partial charge is 0.381 e. The van der Waals surface area contributed by atoms with Crippen LogP contribution in [0.25, 0.3) is 0 Å². The fourth-order valence-corrected chi connectivity index (χ4v) is 4.13. The van der Waals surface area contributed by atoms with Crippen LogP contribution in [0.2, 0.25) is 0 Å². The van der Waals surface area contributed by atoms with Gasteiger partial charge in [-0.25, -0.2) is 13.6 Å². The van der Waals surface area contributed by atoms with Crippen LogP contribution in [0, 0.1) is 0 Å². The summed E-state index contributed by atoms with van der Waals surface area (Å²) in [7, 11) is -3.85. The Morgan fingerprint density at radius 2 is 1.43 bits per heavy atom. The summed E-state index contributed by atoms with van der Waals surface area (Å²) in [6.07, 6.45) is 0.478. The number of alkyl halides is 1. The highest BCUT2D eigenvalue weighted by Gasteiger charge is 2.19. The minimum atomic E-state index is -3.85. The van der Waals surface area contributed by atoms with E-state index in [-0.39, 0.29) is 21.9 Å². The normalized spacial score (nSPS) is 10.9. The average Bonchev–Trinajstić information content (AvgIpc) is 2.67. The van der Waals surface area contributed by atoms with E-state index in [0.717, 1.165) is 22.4 Å². The first kappa shape index (κ1) is 22.6. The summed E-state index contributed by atoms with van der Waals surface area (Å²) in [6, 6.07) is 23.4. The number of benzene rings is 3. The first-order valence-electron chi connectivity index (χ1n) is 8.53. The second kappa shape index (κ2) is 10.2. The zero-order valence-corrected chi connectivity index (χ0v) is 19.3. The van der Waals surface area contributed by atoms with E-state index in [4.69, 9.17) is 5.14 Å². The van der Waals surface area contributed by atoms with Gasteiger partial charge >= 0.3 is 0 Å². The predicted molar refractivity (Wildman–Crippen MR) is 124 cm³/mol. The molecule has 0 bridgehead atoms. The lowest BCUT2D eigenvalue weighted by molar-refractivity contribution is 0.597. The van der Waals surface area contributed by atoms with Crippen LogP contribution in [-0.2, 0) is 28.3 Å². The molecule has 0 aliphatic heterocycles. The van der Waals surface area contributed by atoms with Gasteiger partial charge in [-0.15, -0.1) is 17.0 Å². The van der Waals surface area contributed by atoms with Gasteiger partial charge in [0.05, 0.1) is 4.90 Å². The summed E-state index contributed by atoms with van der Waals surface area (Å²) in [5, 5.41) is 9.48. The van der Waals surface area contributed by atoms with E-state index in [0.29, 0.717) is 23.9 Å². The molecule has 3 aromatic rings. The van der Waals surface area contributed by atoms with Gasteiger partial charge in [-0.2, -0.15) is 0 Å². The Hall–Kier alpha value is -1.67. The van der Waals surface area contributed by atoms with Gasteiger partial charge in [-0.1, -0.05) is 76.6 Å². The van der Waals surface area contributed by atoms with Crippen LogP contribution < -0.4 is 10.5 Å². The summed E-state index contributed by atoms with van der Waals surface area (Å²) in [4.78, 5) is 0.166. The Balaban J connectivity index is 0.00000280. The van der Waals surface area contributed by atoms with Gasteiger partial charge in [-0.05, 0) is 34.4 Å². The topological polar surface area (TPSA) is 72.2 Å². The molecule has 0 amide bonds. The zero-order chi connectivity index (χ0) is 19.3. The molecule has 0 saturated heterocycles. The highest BCUT2D eigenvalue weighted by atomic mass is 79.9. The number of sulfonamides is 1. The fourth-order valence-electron chi connectivity index (χ4n) is 2.97. The highest BCUT2D eigenvalue weighted by molar-refractivity contribution is 9.08. The molecule has 4 nitrogen and oxygen atoms in total. The van der Waals surface area contributed by atoms with E-state index >= 15 is 0 Å². The lowest BCUT2D eigenvalue weighted by Gasteiger charge is -2.17. The third-order valence-electron chi connectivity index (χ3n) is 4.28. The second-order valence-electron chi connectivity index (χ2n) is 6.30. The third kappa shape index (κ3) is 5.91. The summed E-state index contributed by atoms with van der Waals surface area (Å²) in [6.45, 7) is 0.596. The smallest absolute Gasteiger partial charge is 0.238 e. The number of halogens is 2. The van der Waals surface area contributed by atoms with E-state index in [2.05, 4.69) is 21.2 Å². The quantitative estimate of drug-likeness (QED) is 0.426. The molecule has 0 aliphatic carbocycles. The number of nitrogens with one attached hydrogen (secondary N) is 1. The number of anilines is 1. The minimum Gasteiger partial charge on any atom is -0.381 e. The van der Waals surface area contributed by atoms with Crippen LogP contribution in [-0.4, -0.2) is 8.42 Å². The van der Waals surface area contributed by atoms with Crippen LogP contribution in [0.4, 0.5) is 5.69 Å². The second-order valence-corrected chi connectivity index (χ2v) is 8.39. The van der Waals surface area contributed by atoms with Gasteiger partial charge in [0.1, 0.15) is 0 Å². The molecule has 7 heteroatoms. The van der Waals surface area contributed by atoms with Crippen LogP contribution >= 0.6 is 32.9 Å². The van der Waals surface area contributed by atoms with Crippen LogP contribution in [0.3, 0.4) is 0 Å². The molecule has 0 spiro atoms. The van der Waals surface area contributed by atoms with Crippen LogP contribution in [0.5, 0.6) is 0 Å². The molecular weight excluding hydrogens is 504 g/mol. The summed E-state index contributed by atoms with van der Waals surface area (Å²) >= 11 is 3.42. The summed E-state index contributed by atoms with van der Waals surface area (Å²) in [5.41, 5.74) is 4.46. The van der Waals surface area contributed by atoms with E-state index in [1.807, 2.05) is 66.7 Å². The number of rotatable bonds is 7. The van der Waals surface area contributed by atoms with Crippen molar-refractivity contribution in [2.75, 3.05) is 5.32 Å². The van der Waals surface area contributed by atoms with Crippen molar-refractivity contribution in [3.05, 3.63) is 95.1 Å². The van der Waals surface area contributed by atoms with Crippen molar-refractivity contribution >= 4 is 48.6 Å². The van der Waals surface area contributed by atoms with Gasteiger partial charge in [0.15, 0.2) is 0 Å². The number of nitrogens with two attached hydrogens (primary N) is 1. The van der Waals surface area contributed by atoms with Gasteiger partial charge in [-0.3, -0.25) is 0 Å². The van der Waals surface area contributed by atoms with E-state index < -0.39 is 10.0 Å². The maximum atomic E-state index is 12.3. The fraction of sp³-hybridized carbons (Fsp3) is 0.143. The summed E-state index contributed by atoms with van der Waals surface area (Å²) < 4.78 is 24.5. The molecule has 28 heavy (non-hydrogen) atoms. The Bertz CT molecular complexity index is 1010. The van der Waals surface area contributed by atoms with Gasteiger partial charge in [0, 0.05) is 24.0 Å². The Kier molecular flexibility index (Phi) is 8.24. The molecule has 148 valence electrons. The van der Waals surface area contributed by atoms with Crippen molar-refractivity contribution in [1.82, 2.24) is 0 Å². The van der Waals surface area contributed by atoms with Crippen molar-refractivity contribution in [1.29, 1.82) is 0 Å². The molecule has 0 fully saturated rings. The maximum absolute atomic E-state index is 12.3. The van der Waals surface area contributed by atoms with Gasteiger partial charge in [0.2, 0.25) is 10.0 Å². The molecule has 0 radical (unpaired) electrons. The third-order valence-corrected chi connectivity index (χ3v) is 5.90. The molecule has 0 saturated carbocycles. The molecule has 0 aliphatic rings. The van der Waals surface area contributed by atoms with Gasteiger partial charge < -0.3 is 5.32 Å². The minimum absolute atomic E-state index is 0. The van der Waals surface area contributed by atoms with Crippen molar-refractivity contribution in [2.24, 2.45) is 5.14 Å². The highest BCUT2D eigenvalue weighted by Crippen LogP contribution is 2.29. The molecule has 0 unspecified atom stereocenters. The molecule has 0 heterocycles. The molecular formula is C21H22Br2N2O2S. The lowest BCUT2D eigenvalue weighted by atomic mass is 10.0. The monoisotopic (exact) mass is 524 g/mol. The van der Waals surface area contributed by atoms with E-state index in [9.17, 15) is 8.42 Å². The molecule has 3 aromatic carbocycles. The zero-order valence-electron chi connectivity index (χ0n) is 15.1. The van der Waals surface area contributed by atoms with E-state index in [1.54, 1.807) is 6.07 Å². The van der Waals surface area contributed by atoms with Crippen LogP contribution in [0.1, 0.15) is 22.3 Å².